The van der Waals surface area contributed by atoms with Crippen LogP contribution in [0.3, 0.4) is 0 Å². The van der Waals surface area contributed by atoms with Gasteiger partial charge in [0.1, 0.15) is 17.9 Å². The van der Waals surface area contributed by atoms with Crippen LogP contribution in [0.4, 0.5) is 5.69 Å². The van der Waals surface area contributed by atoms with E-state index in [1.54, 1.807) is 30.3 Å². The molecule has 0 saturated heterocycles. The van der Waals surface area contributed by atoms with Crippen molar-refractivity contribution in [1.82, 2.24) is 0 Å². The van der Waals surface area contributed by atoms with Gasteiger partial charge in [0.15, 0.2) is 0 Å². The number of benzene rings is 3. The van der Waals surface area contributed by atoms with Crippen molar-refractivity contribution in [3.63, 3.8) is 0 Å². The molecule has 0 aliphatic carbocycles. The minimum absolute atomic E-state index is 0.00144. The summed E-state index contributed by atoms with van der Waals surface area (Å²) in [5, 5.41) is 0.599. The summed E-state index contributed by atoms with van der Waals surface area (Å²) in [6.07, 6.45) is 0.627. The van der Waals surface area contributed by atoms with Gasteiger partial charge < -0.3 is 13.9 Å². The molecule has 0 fully saturated rings. The Labute approximate surface area is 201 Å². The Balaban J connectivity index is 1.38. The number of hydrogen-bond acceptors (Lipinski definition) is 7. The van der Waals surface area contributed by atoms with Crippen molar-refractivity contribution in [2.75, 3.05) is 18.0 Å². The Kier molecular flexibility index (Phi) is 5.78. The van der Waals surface area contributed by atoms with Gasteiger partial charge in [0.25, 0.3) is 10.0 Å². The summed E-state index contributed by atoms with van der Waals surface area (Å²) in [4.78, 5) is 24.8. The van der Waals surface area contributed by atoms with E-state index < -0.39 is 21.6 Å². The fourth-order valence-electron chi connectivity index (χ4n) is 4.15. The normalized spacial score (nSPS) is 13.0. The lowest BCUT2D eigenvalue weighted by atomic mass is 10.1. The van der Waals surface area contributed by atoms with Gasteiger partial charge in [-0.25, -0.2) is 18.0 Å². The van der Waals surface area contributed by atoms with Crippen molar-refractivity contribution in [3.05, 3.63) is 99.9 Å². The number of hydrogen-bond donors (Lipinski definition) is 0. The average molecular weight is 492 g/mol. The standard InChI is InChI=1S/C26H21NO7S/c1-32-20-9-10-22-19(14-25(28)34-24(22)15-20)16-33-26(29)18-6-4-7-21(13-18)35(30,31)27-12-11-17-5-2-3-8-23(17)27/h2-10,13-15H,11-12,16H2,1H3. The van der Waals surface area contributed by atoms with E-state index in [4.69, 9.17) is 13.9 Å². The molecular weight excluding hydrogens is 470 g/mol. The number of nitrogens with zero attached hydrogens (tertiary/aromatic N) is 1. The van der Waals surface area contributed by atoms with Crippen LogP contribution in [-0.2, 0) is 27.8 Å². The maximum Gasteiger partial charge on any atom is 0.338 e. The summed E-state index contributed by atoms with van der Waals surface area (Å²) < 4.78 is 43.8. The van der Waals surface area contributed by atoms with Crippen molar-refractivity contribution in [2.45, 2.75) is 17.9 Å². The zero-order valence-electron chi connectivity index (χ0n) is 18.8. The van der Waals surface area contributed by atoms with E-state index >= 15 is 0 Å². The summed E-state index contributed by atoms with van der Waals surface area (Å²) in [5.41, 5.74) is 1.88. The molecular formula is C26H21NO7S. The van der Waals surface area contributed by atoms with E-state index in [0.717, 1.165) is 5.56 Å². The maximum atomic E-state index is 13.3. The second kappa shape index (κ2) is 8.92. The number of para-hydroxylation sites is 1. The minimum Gasteiger partial charge on any atom is -0.497 e. The molecule has 5 rings (SSSR count). The lowest BCUT2D eigenvalue weighted by Crippen LogP contribution is -2.29. The lowest BCUT2D eigenvalue weighted by molar-refractivity contribution is 0.0473. The first-order chi connectivity index (χ1) is 16.9. The molecule has 1 aliphatic heterocycles. The molecule has 0 spiro atoms. The summed E-state index contributed by atoms with van der Waals surface area (Å²) in [6, 6.07) is 19.4. The first kappa shape index (κ1) is 22.7. The average Bonchev–Trinajstić information content (AvgIpc) is 3.31. The van der Waals surface area contributed by atoms with Crippen molar-refractivity contribution >= 4 is 32.6 Å². The van der Waals surface area contributed by atoms with E-state index in [1.807, 2.05) is 12.1 Å². The second-order valence-electron chi connectivity index (χ2n) is 8.01. The molecule has 1 aromatic heterocycles. The van der Waals surface area contributed by atoms with Crippen LogP contribution in [0.15, 0.2) is 86.9 Å². The van der Waals surface area contributed by atoms with Gasteiger partial charge in [-0.3, -0.25) is 4.31 Å². The van der Waals surface area contributed by atoms with E-state index in [1.165, 1.54) is 41.7 Å². The monoisotopic (exact) mass is 491 g/mol. The molecule has 1 aliphatic rings. The number of sulfonamides is 1. The summed E-state index contributed by atoms with van der Waals surface area (Å²) in [5.74, 6) is -0.188. The number of anilines is 1. The van der Waals surface area contributed by atoms with Crippen LogP contribution in [-0.4, -0.2) is 28.0 Å². The second-order valence-corrected chi connectivity index (χ2v) is 9.87. The number of fused-ring (bicyclic) bond motifs is 2. The Morgan fingerprint density at radius 1 is 1.03 bits per heavy atom. The third-order valence-electron chi connectivity index (χ3n) is 5.90. The highest BCUT2D eigenvalue weighted by molar-refractivity contribution is 7.92. The van der Waals surface area contributed by atoms with Crippen LogP contribution < -0.4 is 14.7 Å². The largest absolute Gasteiger partial charge is 0.497 e. The number of carbonyl (C=O) groups excluding carboxylic acids is 1. The fourth-order valence-corrected chi connectivity index (χ4v) is 5.70. The summed E-state index contributed by atoms with van der Waals surface area (Å²) >= 11 is 0. The third kappa shape index (κ3) is 4.26. The van der Waals surface area contributed by atoms with Crippen LogP contribution >= 0.6 is 0 Å². The quantitative estimate of drug-likeness (QED) is 0.298. The van der Waals surface area contributed by atoms with Gasteiger partial charge in [0, 0.05) is 29.6 Å². The van der Waals surface area contributed by atoms with Crippen molar-refractivity contribution in [2.24, 2.45) is 0 Å². The van der Waals surface area contributed by atoms with Crippen molar-refractivity contribution in [1.29, 1.82) is 0 Å². The molecule has 35 heavy (non-hydrogen) atoms. The van der Waals surface area contributed by atoms with Gasteiger partial charge in [0.2, 0.25) is 0 Å². The molecule has 9 heteroatoms. The van der Waals surface area contributed by atoms with Crippen LogP contribution in [0.2, 0.25) is 0 Å². The number of rotatable bonds is 6. The molecule has 8 nitrogen and oxygen atoms in total. The van der Waals surface area contributed by atoms with Crippen molar-refractivity contribution in [3.8, 4) is 5.75 Å². The summed E-state index contributed by atoms with van der Waals surface area (Å²) in [7, 11) is -2.35. The van der Waals surface area contributed by atoms with E-state index in [9.17, 15) is 18.0 Å². The van der Waals surface area contributed by atoms with E-state index in [2.05, 4.69) is 0 Å². The number of carbonyl (C=O) groups is 1. The molecule has 0 unspecified atom stereocenters. The van der Waals surface area contributed by atoms with Crippen LogP contribution in [0.25, 0.3) is 11.0 Å². The van der Waals surface area contributed by atoms with Gasteiger partial charge in [-0.15, -0.1) is 0 Å². The zero-order valence-corrected chi connectivity index (χ0v) is 19.6. The van der Waals surface area contributed by atoms with Crippen LogP contribution in [0.5, 0.6) is 5.75 Å². The van der Waals surface area contributed by atoms with Gasteiger partial charge in [0.05, 0.1) is 23.3 Å². The highest BCUT2D eigenvalue weighted by Crippen LogP contribution is 2.33. The Bertz CT molecular complexity index is 1610. The molecule has 0 bridgehead atoms. The molecule has 4 aromatic rings. The first-order valence-electron chi connectivity index (χ1n) is 10.9. The number of esters is 1. The Morgan fingerprint density at radius 2 is 1.86 bits per heavy atom. The Hall–Kier alpha value is -4.11. The van der Waals surface area contributed by atoms with Gasteiger partial charge in [-0.2, -0.15) is 0 Å². The highest BCUT2D eigenvalue weighted by atomic mass is 32.2. The summed E-state index contributed by atoms with van der Waals surface area (Å²) in [6.45, 7) is 0.147. The first-order valence-corrected chi connectivity index (χ1v) is 12.3. The molecule has 3 aromatic carbocycles. The zero-order chi connectivity index (χ0) is 24.6. The molecule has 178 valence electrons. The van der Waals surface area contributed by atoms with Crippen LogP contribution in [0.1, 0.15) is 21.5 Å². The highest BCUT2D eigenvalue weighted by Gasteiger charge is 2.31. The number of ether oxygens (including phenoxy) is 2. The van der Waals surface area contributed by atoms with E-state index in [-0.39, 0.29) is 17.1 Å². The molecule has 0 amide bonds. The number of methoxy groups -OCH3 is 1. The third-order valence-corrected chi connectivity index (χ3v) is 7.71. The van der Waals surface area contributed by atoms with Crippen molar-refractivity contribution < 1.29 is 27.1 Å². The minimum atomic E-state index is -3.86. The van der Waals surface area contributed by atoms with Gasteiger partial charge >= 0.3 is 11.6 Å². The maximum absolute atomic E-state index is 13.3. The predicted octanol–water partition coefficient (Wildman–Crippen LogP) is 3.91. The van der Waals surface area contributed by atoms with Crippen LogP contribution in [0, 0.1) is 0 Å². The Morgan fingerprint density at radius 3 is 2.69 bits per heavy atom. The molecule has 0 N–H and O–H groups in total. The molecule has 0 saturated carbocycles. The molecule has 0 atom stereocenters. The fraction of sp³-hybridized carbons (Fsp3) is 0.154. The predicted molar refractivity (Wildman–Crippen MR) is 129 cm³/mol. The van der Waals surface area contributed by atoms with Gasteiger partial charge in [-0.1, -0.05) is 24.3 Å². The molecule has 2 heterocycles. The molecule has 0 radical (unpaired) electrons. The SMILES string of the molecule is COc1ccc2c(COC(=O)c3cccc(S(=O)(=O)N4CCc5ccccc54)c3)cc(=O)oc2c1. The lowest BCUT2D eigenvalue weighted by Gasteiger charge is -2.19. The smallest absolute Gasteiger partial charge is 0.338 e. The van der Waals surface area contributed by atoms with Gasteiger partial charge in [-0.05, 0) is 48.4 Å². The topological polar surface area (TPSA) is 103 Å². The van der Waals surface area contributed by atoms with E-state index in [0.29, 0.717) is 40.9 Å².